The number of benzene rings is 1. The van der Waals surface area contributed by atoms with E-state index >= 15 is 0 Å². The van der Waals surface area contributed by atoms with Crippen LogP contribution in [0.25, 0.3) is 0 Å². The van der Waals surface area contributed by atoms with Crippen LogP contribution in [-0.4, -0.2) is 32.2 Å². The predicted molar refractivity (Wildman–Crippen MR) is 94.4 cm³/mol. The van der Waals surface area contributed by atoms with Crippen LogP contribution < -0.4 is 10.0 Å². The fraction of sp³-hybridized carbons (Fsp3) is 0.529. The van der Waals surface area contributed by atoms with E-state index in [1.807, 2.05) is 27.7 Å². The lowest BCUT2D eigenvalue weighted by atomic mass is 10.0. The zero-order valence-corrected chi connectivity index (χ0v) is 15.4. The summed E-state index contributed by atoms with van der Waals surface area (Å²) in [6.07, 6.45) is 1.38. The van der Waals surface area contributed by atoms with Crippen molar-refractivity contribution in [3.63, 3.8) is 0 Å². The molecule has 132 valence electrons. The van der Waals surface area contributed by atoms with E-state index in [4.69, 9.17) is 0 Å². The number of carbonyl (C=O) groups excluding carboxylic acids is 1. The molecule has 2 rings (SSSR count). The Bertz CT molecular complexity index is 741. The number of amides is 1. The third kappa shape index (κ3) is 4.14. The van der Waals surface area contributed by atoms with Crippen LogP contribution in [0.3, 0.4) is 0 Å². The summed E-state index contributed by atoms with van der Waals surface area (Å²) in [5.74, 6) is 0.333. The summed E-state index contributed by atoms with van der Waals surface area (Å²) in [6, 6.07) is 6.10. The van der Waals surface area contributed by atoms with Crippen molar-refractivity contribution in [3.05, 3.63) is 29.8 Å². The standard InChI is InChI=1S/C17H25N3O3S/c1-5-12(4)18-17(21)14(10-11(2)3)19-16-13-8-6-7-9-15(13)24(22,23)20-16/h6-9,11-12,14H,5,10H2,1-4H3,(H,18,21)(H,19,20). The molecule has 0 bridgehead atoms. The van der Waals surface area contributed by atoms with E-state index in [2.05, 4.69) is 15.0 Å². The number of aliphatic imine (C=N–C) groups is 1. The SMILES string of the molecule is CCC(C)NC(=O)C(CC(C)C)N=C1NS(=O)(=O)c2ccccc21. The lowest BCUT2D eigenvalue weighted by Gasteiger charge is -2.18. The van der Waals surface area contributed by atoms with E-state index in [1.54, 1.807) is 18.2 Å². The highest BCUT2D eigenvalue weighted by Crippen LogP contribution is 2.23. The van der Waals surface area contributed by atoms with Gasteiger partial charge in [0.05, 0.1) is 4.90 Å². The van der Waals surface area contributed by atoms with Gasteiger partial charge >= 0.3 is 0 Å². The van der Waals surface area contributed by atoms with Crippen molar-refractivity contribution in [2.24, 2.45) is 10.9 Å². The Balaban J connectivity index is 2.35. The highest BCUT2D eigenvalue weighted by molar-refractivity contribution is 7.90. The van der Waals surface area contributed by atoms with E-state index in [1.165, 1.54) is 6.07 Å². The van der Waals surface area contributed by atoms with Gasteiger partial charge in [-0.2, -0.15) is 0 Å². The van der Waals surface area contributed by atoms with E-state index < -0.39 is 16.1 Å². The second kappa shape index (κ2) is 7.34. The van der Waals surface area contributed by atoms with Crippen molar-refractivity contribution in [1.82, 2.24) is 10.0 Å². The van der Waals surface area contributed by atoms with Gasteiger partial charge in [0.15, 0.2) is 0 Å². The maximum atomic E-state index is 12.5. The summed E-state index contributed by atoms with van der Waals surface area (Å²) >= 11 is 0. The summed E-state index contributed by atoms with van der Waals surface area (Å²) in [5.41, 5.74) is 0.516. The normalized spacial score (nSPS) is 19.6. The minimum atomic E-state index is -3.59. The summed E-state index contributed by atoms with van der Waals surface area (Å²) in [6.45, 7) is 7.95. The van der Waals surface area contributed by atoms with Gasteiger partial charge in [0.25, 0.3) is 10.0 Å². The van der Waals surface area contributed by atoms with Gasteiger partial charge in [-0.3, -0.25) is 14.5 Å². The molecule has 1 aliphatic rings. The average molecular weight is 351 g/mol. The molecule has 0 saturated heterocycles. The number of amidine groups is 1. The molecule has 0 aromatic heterocycles. The lowest BCUT2D eigenvalue weighted by molar-refractivity contribution is -0.123. The van der Waals surface area contributed by atoms with Crippen LogP contribution in [0.4, 0.5) is 0 Å². The maximum absolute atomic E-state index is 12.5. The number of carbonyl (C=O) groups is 1. The predicted octanol–water partition coefficient (Wildman–Crippen LogP) is 2.05. The summed E-state index contributed by atoms with van der Waals surface area (Å²) in [5, 5.41) is 2.93. The number of hydrogen-bond acceptors (Lipinski definition) is 4. The Kier molecular flexibility index (Phi) is 5.64. The number of sulfonamides is 1. The fourth-order valence-corrected chi connectivity index (χ4v) is 3.73. The summed E-state index contributed by atoms with van der Waals surface area (Å²) in [4.78, 5) is 17.2. The summed E-state index contributed by atoms with van der Waals surface area (Å²) < 4.78 is 26.8. The van der Waals surface area contributed by atoms with E-state index in [0.717, 1.165) is 6.42 Å². The Labute approximate surface area is 143 Å². The zero-order valence-electron chi connectivity index (χ0n) is 14.5. The first-order valence-corrected chi connectivity index (χ1v) is 9.73. The highest BCUT2D eigenvalue weighted by Gasteiger charge is 2.32. The molecule has 2 N–H and O–H groups in total. The molecule has 24 heavy (non-hydrogen) atoms. The van der Waals surface area contributed by atoms with Gasteiger partial charge in [0.2, 0.25) is 5.91 Å². The second-order valence-corrected chi connectivity index (χ2v) is 8.19. The first kappa shape index (κ1) is 18.4. The molecule has 1 aromatic rings. The van der Waals surface area contributed by atoms with Crippen LogP contribution in [-0.2, 0) is 14.8 Å². The van der Waals surface area contributed by atoms with Crippen LogP contribution in [0.15, 0.2) is 34.2 Å². The quantitative estimate of drug-likeness (QED) is 0.822. The Morgan fingerprint density at radius 1 is 1.25 bits per heavy atom. The van der Waals surface area contributed by atoms with Crippen molar-refractivity contribution in [1.29, 1.82) is 0 Å². The van der Waals surface area contributed by atoms with Gasteiger partial charge in [0.1, 0.15) is 11.9 Å². The molecule has 1 aliphatic heterocycles. The van der Waals surface area contributed by atoms with E-state index in [-0.39, 0.29) is 28.6 Å². The van der Waals surface area contributed by atoms with Crippen molar-refractivity contribution in [3.8, 4) is 0 Å². The third-order valence-electron chi connectivity index (χ3n) is 3.95. The number of rotatable bonds is 6. The molecule has 7 heteroatoms. The molecule has 2 unspecified atom stereocenters. The molecule has 0 saturated carbocycles. The molecule has 1 aromatic carbocycles. The van der Waals surface area contributed by atoms with Crippen molar-refractivity contribution < 1.29 is 13.2 Å². The Morgan fingerprint density at radius 2 is 1.92 bits per heavy atom. The van der Waals surface area contributed by atoms with Crippen LogP contribution in [0.1, 0.15) is 46.1 Å². The van der Waals surface area contributed by atoms with Gasteiger partial charge in [0, 0.05) is 11.6 Å². The van der Waals surface area contributed by atoms with Gasteiger partial charge in [-0.15, -0.1) is 0 Å². The molecule has 1 amide bonds. The van der Waals surface area contributed by atoms with Gasteiger partial charge in [-0.05, 0) is 37.8 Å². The average Bonchev–Trinajstić information content (AvgIpc) is 2.77. The molecular formula is C17H25N3O3S. The van der Waals surface area contributed by atoms with Crippen LogP contribution in [0, 0.1) is 5.92 Å². The summed E-state index contributed by atoms with van der Waals surface area (Å²) in [7, 11) is -3.59. The van der Waals surface area contributed by atoms with Crippen molar-refractivity contribution in [2.45, 2.75) is 57.5 Å². The largest absolute Gasteiger partial charge is 0.352 e. The molecule has 0 aliphatic carbocycles. The first-order valence-electron chi connectivity index (χ1n) is 8.25. The molecule has 0 fully saturated rings. The Morgan fingerprint density at radius 3 is 2.54 bits per heavy atom. The molecule has 0 spiro atoms. The number of nitrogens with zero attached hydrogens (tertiary/aromatic N) is 1. The molecule has 2 atom stereocenters. The molecular weight excluding hydrogens is 326 g/mol. The minimum absolute atomic E-state index is 0.0555. The number of fused-ring (bicyclic) bond motifs is 1. The Hall–Kier alpha value is -1.89. The highest BCUT2D eigenvalue weighted by atomic mass is 32.2. The molecule has 0 radical (unpaired) electrons. The number of hydrogen-bond donors (Lipinski definition) is 2. The smallest absolute Gasteiger partial charge is 0.263 e. The van der Waals surface area contributed by atoms with Crippen LogP contribution >= 0.6 is 0 Å². The van der Waals surface area contributed by atoms with E-state index in [0.29, 0.717) is 12.0 Å². The topological polar surface area (TPSA) is 87.6 Å². The zero-order chi connectivity index (χ0) is 17.9. The number of nitrogens with one attached hydrogen (secondary N) is 2. The minimum Gasteiger partial charge on any atom is -0.352 e. The molecule has 6 nitrogen and oxygen atoms in total. The van der Waals surface area contributed by atoms with Crippen LogP contribution in [0.2, 0.25) is 0 Å². The van der Waals surface area contributed by atoms with E-state index in [9.17, 15) is 13.2 Å². The monoisotopic (exact) mass is 351 g/mol. The first-order chi connectivity index (χ1) is 11.2. The van der Waals surface area contributed by atoms with Gasteiger partial charge < -0.3 is 5.32 Å². The van der Waals surface area contributed by atoms with Gasteiger partial charge in [-0.25, -0.2) is 8.42 Å². The van der Waals surface area contributed by atoms with Crippen molar-refractivity contribution in [2.75, 3.05) is 0 Å². The third-order valence-corrected chi connectivity index (χ3v) is 5.34. The van der Waals surface area contributed by atoms with Crippen molar-refractivity contribution >= 4 is 21.8 Å². The lowest BCUT2D eigenvalue weighted by Crippen LogP contribution is -2.40. The van der Waals surface area contributed by atoms with Crippen LogP contribution in [0.5, 0.6) is 0 Å². The van der Waals surface area contributed by atoms with Gasteiger partial charge in [-0.1, -0.05) is 32.9 Å². The second-order valence-electron chi connectivity index (χ2n) is 6.54. The fourth-order valence-electron chi connectivity index (χ4n) is 2.49. The maximum Gasteiger partial charge on any atom is 0.263 e. The molecule has 1 heterocycles.